The maximum atomic E-state index is 12.9. The summed E-state index contributed by atoms with van der Waals surface area (Å²) in [7, 11) is 1.28. The largest absolute Gasteiger partial charge is 0.477 e. The van der Waals surface area contributed by atoms with Crippen LogP contribution in [-0.4, -0.2) is 63.4 Å². The number of hydrogen-bond donors (Lipinski definition) is 3. The molecule has 4 N–H and O–H groups in total. The molecule has 2 amide bonds. The van der Waals surface area contributed by atoms with E-state index in [1.54, 1.807) is 29.6 Å². The van der Waals surface area contributed by atoms with Crippen molar-refractivity contribution in [2.75, 3.05) is 18.6 Å². The minimum Gasteiger partial charge on any atom is -0.477 e. The lowest BCUT2D eigenvalue weighted by atomic mass is 9.94. The molecule has 0 saturated carbocycles. The van der Waals surface area contributed by atoms with Gasteiger partial charge in [-0.15, -0.1) is 23.1 Å². The first-order valence-electron chi connectivity index (χ1n) is 9.14. The molecule has 4 rings (SSSR count). The summed E-state index contributed by atoms with van der Waals surface area (Å²) in [6.07, 6.45) is 0. The van der Waals surface area contributed by atoms with Gasteiger partial charge in [0.05, 0.1) is 6.04 Å². The van der Waals surface area contributed by atoms with Crippen molar-refractivity contribution in [3.05, 3.63) is 51.6 Å². The minimum atomic E-state index is -1.23. The van der Waals surface area contributed by atoms with Gasteiger partial charge in [0.15, 0.2) is 10.8 Å². The lowest BCUT2D eigenvalue weighted by Gasteiger charge is -2.49. The van der Waals surface area contributed by atoms with Gasteiger partial charge in [-0.1, -0.05) is 28.9 Å². The van der Waals surface area contributed by atoms with E-state index in [2.05, 4.69) is 15.5 Å². The molecule has 1 saturated heterocycles. The Kier molecular flexibility index (Phi) is 6.09. The van der Waals surface area contributed by atoms with Gasteiger partial charge in [0.1, 0.15) is 24.5 Å². The van der Waals surface area contributed by atoms with E-state index in [9.17, 15) is 19.5 Å². The second kappa shape index (κ2) is 8.81. The van der Waals surface area contributed by atoms with Crippen LogP contribution in [0.2, 0.25) is 5.02 Å². The third-order valence-corrected chi connectivity index (χ3v) is 6.98. The number of carboxylic acids is 1. The van der Waals surface area contributed by atoms with E-state index in [0.717, 1.165) is 11.3 Å². The Bertz CT molecular complexity index is 1160. The van der Waals surface area contributed by atoms with Crippen LogP contribution in [0.5, 0.6) is 0 Å². The highest BCUT2D eigenvalue weighted by molar-refractivity contribution is 8.08. The molecule has 2 atom stereocenters. The van der Waals surface area contributed by atoms with Crippen LogP contribution in [0.3, 0.4) is 0 Å². The standard InChI is InChI=1S/C19H16ClN5O5S2/c1-30-24-12(10-6-32-19(21)22-10)16(26)23-13-11-7-31-15(8-2-4-9(20)5-3-8)14(18(28)29)25(11)17(13)27/h2-6,11,13H,7H2,1H3,(H2,21,22)(H,23,26)(H,28,29). The summed E-state index contributed by atoms with van der Waals surface area (Å²) in [6.45, 7) is 0. The van der Waals surface area contributed by atoms with E-state index < -0.39 is 29.9 Å². The quantitative estimate of drug-likeness (QED) is 0.312. The number of β-lactam (4-membered cyclic amide) rings is 1. The zero-order valence-electron chi connectivity index (χ0n) is 16.4. The molecule has 32 heavy (non-hydrogen) atoms. The highest BCUT2D eigenvalue weighted by Gasteiger charge is 2.54. The molecule has 0 spiro atoms. The number of anilines is 1. The van der Waals surface area contributed by atoms with E-state index in [1.807, 2.05) is 0 Å². The van der Waals surface area contributed by atoms with Crippen molar-refractivity contribution < 1.29 is 24.3 Å². The Morgan fingerprint density at radius 1 is 1.38 bits per heavy atom. The molecule has 2 unspecified atom stereocenters. The van der Waals surface area contributed by atoms with Crippen LogP contribution in [0.1, 0.15) is 11.3 Å². The van der Waals surface area contributed by atoms with Gasteiger partial charge in [-0.05, 0) is 17.7 Å². The summed E-state index contributed by atoms with van der Waals surface area (Å²) in [5, 5.41) is 18.4. The van der Waals surface area contributed by atoms with Crippen molar-refractivity contribution in [2.24, 2.45) is 5.16 Å². The Morgan fingerprint density at radius 3 is 2.69 bits per heavy atom. The van der Waals surface area contributed by atoms with Gasteiger partial charge in [0.25, 0.3) is 11.8 Å². The van der Waals surface area contributed by atoms with Crippen LogP contribution in [0.25, 0.3) is 4.91 Å². The molecular formula is C19H16ClN5O5S2. The third kappa shape index (κ3) is 3.92. The summed E-state index contributed by atoms with van der Waals surface area (Å²) in [6, 6.07) is 5.27. The Labute approximate surface area is 195 Å². The predicted molar refractivity (Wildman–Crippen MR) is 121 cm³/mol. The second-order valence-corrected chi connectivity index (χ2v) is 9.08. The second-order valence-electron chi connectivity index (χ2n) is 6.72. The SMILES string of the molecule is CON=C(C(=O)NC1C(=O)N2C(C(=O)O)=C(c3ccc(Cl)cc3)SCC12)c1csc(N)n1. The number of carbonyl (C=O) groups is 3. The number of nitrogen functional groups attached to an aromatic ring is 1. The molecule has 0 aliphatic carbocycles. The predicted octanol–water partition coefficient (Wildman–Crippen LogP) is 1.63. The first kappa shape index (κ1) is 22.1. The average molecular weight is 494 g/mol. The Morgan fingerprint density at radius 2 is 2.09 bits per heavy atom. The summed E-state index contributed by atoms with van der Waals surface area (Å²) in [4.78, 5) is 48.1. The van der Waals surface area contributed by atoms with Crippen LogP contribution in [-0.2, 0) is 19.2 Å². The van der Waals surface area contributed by atoms with Gasteiger partial charge in [-0.25, -0.2) is 9.78 Å². The normalized spacial score (nSPS) is 20.5. The number of hydrogen-bond acceptors (Lipinski definition) is 9. The van der Waals surface area contributed by atoms with Gasteiger partial charge < -0.3 is 21.0 Å². The van der Waals surface area contributed by atoms with Crippen molar-refractivity contribution >= 4 is 68.2 Å². The fourth-order valence-electron chi connectivity index (χ4n) is 3.42. The summed E-state index contributed by atoms with van der Waals surface area (Å²) < 4.78 is 0. The number of carbonyl (C=O) groups excluding carboxylic acids is 2. The molecule has 13 heteroatoms. The number of amides is 2. The molecular weight excluding hydrogens is 478 g/mol. The van der Waals surface area contributed by atoms with Crippen molar-refractivity contribution in [1.82, 2.24) is 15.2 Å². The molecule has 3 heterocycles. The molecule has 2 aromatic rings. The van der Waals surface area contributed by atoms with Crippen molar-refractivity contribution in [2.45, 2.75) is 12.1 Å². The van der Waals surface area contributed by atoms with E-state index in [1.165, 1.54) is 23.8 Å². The van der Waals surface area contributed by atoms with Crippen LogP contribution in [0.15, 0.2) is 40.5 Å². The number of nitrogens with zero attached hydrogens (tertiary/aromatic N) is 3. The van der Waals surface area contributed by atoms with Crippen molar-refractivity contribution in [1.29, 1.82) is 0 Å². The van der Waals surface area contributed by atoms with Crippen LogP contribution in [0.4, 0.5) is 5.13 Å². The molecule has 1 aromatic carbocycles. The monoisotopic (exact) mass is 493 g/mol. The Hall–Kier alpha value is -3.09. The number of aliphatic carboxylic acids is 1. The summed E-state index contributed by atoms with van der Waals surface area (Å²) in [5.41, 5.74) is 6.22. The lowest BCUT2D eigenvalue weighted by molar-refractivity contribution is -0.152. The molecule has 0 radical (unpaired) electrons. The van der Waals surface area contributed by atoms with Crippen LogP contribution < -0.4 is 11.1 Å². The van der Waals surface area contributed by atoms with Crippen LogP contribution in [0, 0.1) is 0 Å². The van der Waals surface area contributed by atoms with Gasteiger partial charge in [-0.2, -0.15) is 0 Å². The number of rotatable bonds is 6. The molecule has 2 aliphatic heterocycles. The number of thioether (sulfide) groups is 1. The number of fused-ring (bicyclic) bond motifs is 1. The smallest absolute Gasteiger partial charge is 0.353 e. The number of oxime groups is 1. The van der Waals surface area contributed by atoms with Crippen molar-refractivity contribution in [3.8, 4) is 0 Å². The van der Waals surface area contributed by atoms with E-state index in [0.29, 0.717) is 21.2 Å². The summed E-state index contributed by atoms with van der Waals surface area (Å²) >= 11 is 8.35. The first-order chi connectivity index (χ1) is 15.3. The third-order valence-electron chi connectivity index (χ3n) is 4.83. The summed E-state index contributed by atoms with van der Waals surface area (Å²) in [5.74, 6) is -2.04. The topological polar surface area (TPSA) is 147 Å². The van der Waals surface area contributed by atoms with E-state index in [4.69, 9.17) is 22.2 Å². The molecule has 1 aromatic heterocycles. The lowest BCUT2D eigenvalue weighted by Crippen LogP contribution is -2.72. The zero-order valence-corrected chi connectivity index (χ0v) is 18.8. The number of halogens is 1. The number of nitrogens with two attached hydrogens (primary N) is 1. The van der Waals surface area contributed by atoms with E-state index in [-0.39, 0.29) is 22.2 Å². The zero-order chi connectivity index (χ0) is 23.0. The number of carboxylic acid groups (broad SMARTS) is 1. The van der Waals surface area contributed by atoms with Gasteiger partial charge in [0, 0.05) is 21.1 Å². The highest BCUT2D eigenvalue weighted by atomic mass is 35.5. The van der Waals surface area contributed by atoms with Gasteiger partial charge >= 0.3 is 5.97 Å². The molecule has 0 bridgehead atoms. The van der Waals surface area contributed by atoms with Crippen molar-refractivity contribution in [3.63, 3.8) is 0 Å². The Balaban J connectivity index is 1.58. The molecule has 2 aliphatic rings. The number of thiazole rings is 1. The minimum absolute atomic E-state index is 0.123. The molecule has 10 nitrogen and oxygen atoms in total. The van der Waals surface area contributed by atoms with Gasteiger partial charge in [0.2, 0.25) is 0 Å². The molecule has 1 fully saturated rings. The maximum absolute atomic E-state index is 12.9. The van der Waals surface area contributed by atoms with Crippen LogP contribution >= 0.6 is 34.7 Å². The first-order valence-corrected chi connectivity index (χ1v) is 11.4. The molecule has 166 valence electrons. The number of aromatic nitrogens is 1. The number of nitrogens with one attached hydrogen (secondary N) is 1. The average Bonchev–Trinajstić information content (AvgIpc) is 3.20. The van der Waals surface area contributed by atoms with E-state index >= 15 is 0 Å². The fourth-order valence-corrected chi connectivity index (χ4v) is 5.40. The fraction of sp³-hybridized carbons (Fsp3) is 0.211. The van der Waals surface area contributed by atoms with Gasteiger partial charge in [-0.3, -0.25) is 14.5 Å². The maximum Gasteiger partial charge on any atom is 0.353 e. The number of benzene rings is 1. The highest BCUT2D eigenvalue weighted by Crippen LogP contribution is 2.43.